The highest BCUT2D eigenvalue weighted by Crippen LogP contribution is 2.05. The van der Waals surface area contributed by atoms with Crippen molar-refractivity contribution in [2.75, 3.05) is 6.61 Å². The molecule has 0 saturated heterocycles. The van der Waals surface area contributed by atoms with E-state index in [1.807, 2.05) is 6.08 Å². The number of halogens is 2. The Hall–Kier alpha value is 0.497. The summed E-state index contributed by atoms with van der Waals surface area (Å²) < 4.78 is 5.28. The molecule has 10 heavy (non-hydrogen) atoms. The Labute approximate surface area is 74.3 Å². The van der Waals surface area contributed by atoms with E-state index < -0.39 is 0 Å². The molecule has 0 aromatic carbocycles. The van der Waals surface area contributed by atoms with Crippen LogP contribution in [0.15, 0.2) is 12.7 Å². The Morgan fingerprint density at radius 2 is 2.30 bits per heavy atom. The lowest BCUT2D eigenvalue weighted by Gasteiger charge is -2.01. The number of alkyl halides is 2. The molecule has 4 heteroatoms. The van der Waals surface area contributed by atoms with Gasteiger partial charge in [0, 0.05) is 6.61 Å². The van der Waals surface area contributed by atoms with Crippen molar-refractivity contribution in [1.29, 1.82) is 0 Å². The van der Waals surface area contributed by atoms with Gasteiger partial charge in [-0.2, -0.15) is 0 Å². The Bertz CT molecular complexity index is 87.8. The van der Waals surface area contributed by atoms with Crippen molar-refractivity contribution >= 4 is 33.0 Å². The maximum atomic E-state index is 5.47. The van der Waals surface area contributed by atoms with E-state index in [9.17, 15) is 0 Å². The van der Waals surface area contributed by atoms with E-state index in [0.717, 1.165) is 12.5 Å². The molecule has 0 amide bonds. The molecule has 0 atom stereocenters. The van der Waals surface area contributed by atoms with Gasteiger partial charge in [0.2, 0.25) is 0 Å². The molecule has 60 valence electrons. The Kier molecular flexibility index (Phi) is 7.98. The van der Waals surface area contributed by atoms with Crippen LogP contribution < -0.4 is 0 Å². The third-order valence-corrected chi connectivity index (χ3v) is 2.60. The Morgan fingerprint density at radius 3 is 2.80 bits per heavy atom. The van der Waals surface area contributed by atoms with Gasteiger partial charge in [-0.3, -0.25) is 0 Å². The first-order chi connectivity index (χ1) is 4.77. The maximum absolute atomic E-state index is 5.47. The van der Waals surface area contributed by atoms with Gasteiger partial charge in [-0.15, -0.1) is 29.8 Å². The van der Waals surface area contributed by atoms with Crippen LogP contribution in [0.3, 0.4) is 0 Å². The van der Waals surface area contributed by atoms with Crippen molar-refractivity contribution in [2.45, 2.75) is 17.3 Å². The third-order valence-electron chi connectivity index (χ3n) is 0.947. The standard InChI is InChI=1S/C6H12Cl2OSi/c1-2-5-10-9-4-3-6(7)8/h2,6H,1,3-5,10H2. The highest BCUT2D eigenvalue weighted by atomic mass is 35.5. The zero-order valence-electron chi connectivity index (χ0n) is 5.85. The quantitative estimate of drug-likeness (QED) is 0.275. The summed E-state index contributed by atoms with van der Waals surface area (Å²) in [5.74, 6) is 0. The van der Waals surface area contributed by atoms with E-state index in [1.165, 1.54) is 0 Å². The highest BCUT2D eigenvalue weighted by molar-refractivity contribution is 6.44. The van der Waals surface area contributed by atoms with E-state index in [-0.39, 0.29) is 14.6 Å². The first-order valence-corrected chi connectivity index (χ1v) is 5.69. The highest BCUT2D eigenvalue weighted by Gasteiger charge is 1.96. The molecule has 0 aliphatic carbocycles. The van der Waals surface area contributed by atoms with Crippen molar-refractivity contribution in [1.82, 2.24) is 0 Å². The monoisotopic (exact) mass is 198 g/mol. The lowest BCUT2D eigenvalue weighted by atomic mass is 10.5. The third kappa shape index (κ3) is 8.50. The Morgan fingerprint density at radius 1 is 1.60 bits per heavy atom. The fraction of sp³-hybridized carbons (Fsp3) is 0.667. The summed E-state index contributed by atoms with van der Waals surface area (Å²) in [4.78, 5) is -0.280. The van der Waals surface area contributed by atoms with E-state index in [2.05, 4.69) is 6.58 Å². The van der Waals surface area contributed by atoms with Crippen molar-refractivity contribution in [3.05, 3.63) is 12.7 Å². The summed E-state index contributed by atoms with van der Waals surface area (Å²) in [7, 11) is -0.367. The van der Waals surface area contributed by atoms with Gasteiger partial charge in [0.25, 0.3) is 0 Å². The number of hydrogen-bond donors (Lipinski definition) is 0. The fourth-order valence-corrected chi connectivity index (χ4v) is 1.32. The van der Waals surface area contributed by atoms with Crippen LogP contribution in [0.25, 0.3) is 0 Å². The van der Waals surface area contributed by atoms with Crippen molar-refractivity contribution in [2.24, 2.45) is 0 Å². The second kappa shape index (κ2) is 7.60. The number of rotatable bonds is 6. The van der Waals surface area contributed by atoms with Crippen LogP contribution in [0.4, 0.5) is 0 Å². The van der Waals surface area contributed by atoms with E-state index in [0.29, 0.717) is 6.61 Å². The normalized spacial score (nSPS) is 11.5. The first kappa shape index (κ1) is 10.5. The van der Waals surface area contributed by atoms with Crippen LogP contribution in [0.1, 0.15) is 6.42 Å². The average molecular weight is 199 g/mol. The molecule has 0 fully saturated rings. The van der Waals surface area contributed by atoms with Crippen LogP contribution in [0.5, 0.6) is 0 Å². The molecule has 0 saturated carbocycles. The summed E-state index contributed by atoms with van der Waals surface area (Å²) in [6, 6.07) is 1.02. The largest absolute Gasteiger partial charge is 0.424 e. The summed E-state index contributed by atoms with van der Waals surface area (Å²) in [6.07, 6.45) is 2.61. The molecule has 0 heterocycles. The summed E-state index contributed by atoms with van der Waals surface area (Å²) in [5, 5.41) is 0. The molecule has 0 unspecified atom stereocenters. The van der Waals surface area contributed by atoms with Gasteiger partial charge in [-0.1, -0.05) is 6.08 Å². The zero-order chi connectivity index (χ0) is 7.82. The molecule has 0 aromatic rings. The minimum absolute atomic E-state index is 0.280. The average Bonchev–Trinajstić information content (AvgIpc) is 1.87. The van der Waals surface area contributed by atoms with Gasteiger partial charge in [-0.05, 0) is 12.5 Å². The molecule has 0 aliphatic heterocycles. The van der Waals surface area contributed by atoms with Crippen molar-refractivity contribution < 1.29 is 4.43 Å². The SMILES string of the molecule is C=CC[SiH2]OCCC(Cl)Cl. The van der Waals surface area contributed by atoms with Crippen LogP contribution in [0, 0.1) is 0 Å². The minimum atomic E-state index is -0.367. The number of hydrogen-bond acceptors (Lipinski definition) is 1. The van der Waals surface area contributed by atoms with Crippen LogP contribution in [-0.2, 0) is 4.43 Å². The molecular formula is C6H12Cl2OSi. The molecule has 0 aliphatic rings. The van der Waals surface area contributed by atoms with Gasteiger partial charge < -0.3 is 4.43 Å². The van der Waals surface area contributed by atoms with E-state index >= 15 is 0 Å². The number of allylic oxidation sites excluding steroid dienone is 1. The minimum Gasteiger partial charge on any atom is -0.424 e. The first-order valence-electron chi connectivity index (χ1n) is 3.24. The van der Waals surface area contributed by atoms with Gasteiger partial charge in [0.15, 0.2) is 9.76 Å². The molecule has 0 bridgehead atoms. The molecule has 1 nitrogen and oxygen atoms in total. The predicted octanol–water partition coefficient (Wildman–Crippen LogP) is 1.88. The molecule has 0 rings (SSSR count). The van der Waals surface area contributed by atoms with Crippen LogP contribution in [-0.4, -0.2) is 21.2 Å². The predicted molar refractivity (Wildman–Crippen MR) is 49.6 cm³/mol. The zero-order valence-corrected chi connectivity index (χ0v) is 8.78. The maximum Gasteiger partial charge on any atom is 0.165 e. The topological polar surface area (TPSA) is 9.23 Å². The van der Waals surface area contributed by atoms with Crippen molar-refractivity contribution in [3.63, 3.8) is 0 Å². The lowest BCUT2D eigenvalue weighted by molar-refractivity contribution is 0.334. The smallest absolute Gasteiger partial charge is 0.165 e. The van der Waals surface area contributed by atoms with Gasteiger partial charge in [0.1, 0.15) is 4.84 Å². The van der Waals surface area contributed by atoms with Crippen molar-refractivity contribution in [3.8, 4) is 0 Å². The Balaban J connectivity index is 2.83. The van der Waals surface area contributed by atoms with Gasteiger partial charge >= 0.3 is 0 Å². The second-order valence-electron chi connectivity index (χ2n) is 1.87. The van der Waals surface area contributed by atoms with Gasteiger partial charge in [0.05, 0.1) is 0 Å². The molecule has 0 radical (unpaired) electrons. The molecule has 0 spiro atoms. The van der Waals surface area contributed by atoms with Crippen LogP contribution >= 0.6 is 23.2 Å². The van der Waals surface area contributed by atoms with Gasteiger partial charge in [-0.25, -0.2) is 0 Å². The summed E-state index contributed by atoms with van der Waals surface area (Å²) >= 11 is 10.9. The second-order valence-corrected chi connectivity index (χ2v) is 4.54. The molecule has 0 aromatic heterocycles. The lowest BCUT2D eigenvalue weighted by Crippen LogP contribution is -2.02. The van der Waals surface area contributed by atoms with E-state index in [4.69, 9.17) is 27.6 Å². The molecule has 0 N–H and O–H groups in total. The van der Waals surface area contributed by atoms with Crippen LogP contribution in [0.2, 0.25) is 6.04 Å². The summed E-state index contributed by atoms with van der Waals surface area (Å²) in [6.45, 7) is 4.29. The fourth-order valence-electron chi connectivity index (χ4n) is 0.441. The summed E-state index contributed by atoms with van der Waals surface area (Å²) in [5.41, 5.74) is 0. The van der Waals surface area contributed by atoms with E-state index in [1.54, 1.807) is 0 Å². The molecular weight excluding hydrogens is 187 g/mol.